The van der Waals surface area contributed by atoms with Crippen molar-refractivity contribution in [3.05, 3.63) is 84.4 Å². The number of para-hydroxylation sites is 1. The number of rotatable bonds is 6. The van der Waals surface area contributed by atoms with Crippen molar-refractivity contribution < 1.29 is 4.79 Å². The third-order valence-corrected chi connectivity index (χ3v) is 5.36. The second kappa shape index (κ2) is 8.84. The van der Waals surface area contributed by atoms with Crippen molar-refractivity contribution in [2.45, 2.75) is 12.1 Å². The Morgan fingerprint density at radius 1 is 1.00 bits per heavy atom. The molecule has 150 valence electrons. The lowest BCUT2D eigenvalue weighted by Gasteiger charge is -2.11. The smallest absolute Gasteiger partial charge is 0.234 e. The second-order valence-corrected chi connectivity index (χ2v) is 7.75. The van der Waals surface area contributed by atoms with Gasteiger partial charge in [-0.1, -0.05) is 54.2 Å². The highest BCUT2D eigenvalue weighted by atomic mass is 32.2. The first-order chi connectivity index (χ1) is 14.6. The van der Waals surface area contributed by atoms with E-state index in [9.17, 15) is 4.79 Å². The summed E-state index contributed by atoms with van der Waals surface area (Å²) in [7, 11) is 0. The van der Waals surface area contributed by atoms with E-state index in [-0.39, 0.29) is 11.7 Å². The molecule has 3 aromatic carbocycles. The van der Waals surface area contributed by atoms with Gasteiger partial charge in [0.05, 0.1) is 5.75 Å². The molecular formula is C23H21N5OS. The molecule has 0 aliphatic rings. The maximum atomic E-state index is 12.5. The highest BCUT2D eigenvalue weighted by molar-refractivity contribution is 7.99. The molecular weight excluding hydrogens is 394 g/mol. The number of thioether (sulfide) groups is 1. The van der Waals surface area contributed by atoms with Gasteiger partial charge in [0.2, 0.25) is 5.91 Å². The molecule has 0 aliphatic carbocycles. The summed E-state index contributed by atoms with van der Waals surface area (Å²) in [4.78, 5) is 12.5. The van der Waals surface area contributed by atoms with Crippen LogP contribution in [0.3, 0.4) is 0 Å². The van der Waals surface area contributed by atoms with Crippen molar-refractivity contribution in [3.63, 3.8) is 0 Å². The molecule has 0 atom stereocenters. The normalized spacial score (nSPS) is 10.7. The van der Waals surface area contributed by atoms with Crippen molar-refractivity contribution in [2.24, 2.45) is 0 Å². The number of aromatic nitrogens is 3. The van der Waals surface area contributed by atoms with Crippen molar-refractivity contribution in [1.29, 1.82) is 0 Å². The van der Waals surface area contributed by atoms with Crippen LogP contribution >= 0.6 is 11.8 Å². The predicted octanol–water partition coefficient (Wildman–Crippen LogP) is 4.56. The van der Waals surface area contributed by atoms with Gasteiger partial charge in [-0.2, -0.15) is 0 Å². The minimum absolute atomic E-state index is 0.0984. The Balaban J connectivity index is 1.59. The van der Waals surface area contributed by atoms with Crippen LogP contribution in [-0.4, -0.2) is 26.4 Å². The molecule has 30 heavy (non-hydrogen) atoms. The van der Waals surface area contributed by atoms with Crippen LogP contribution in [0.25, 0.3) is 17.1 Å². The monoisotopic (exact) mass is 415 g/mol. The quantitative estimate of drug-likeness (QED) is 0.356. The van der Waals surface area contributed by atoms with E-state index in [0.29, 0.717) is 16.7 Å². The molecule has 0 aliphatic heterocycles. The van der Waals surface area contributed by atoms with E-state index in [0.717, 1.165) is 22.5 Å². The molecule has 0 fully saturated rings. The zero-order valence-electron chi connectivity index (χ0n) is 16.4. The number of amides is 1. The summed E-state index contributed by atoms with van der Waals surface area (Å²) >= 11 is 1.34. The van der Waals surface area contributed by atoms with Gasteiger partial charge in [0.15, 0.2) is 11.0 Å². The first-order valence-corrected chi connectivity index (χ1v) is 10.4. The highest BCUT2D eigenvalue weighted by Gasteiger charge is 2.17. The number of nitrogens with two attached hydrogens (primary N) is 1. The van der Waals surface area contributed by atoms with Crippen LogP contribution in [0.4, 0.5) is 11.4 Å². The van der Waals surface area contributed by atoms with E-state index < -0.39 is 0 Å². The maximum absolute atomic E-state index is 12.5. The maximum Gasteiger partial charge on any atom is 0.234 e. The average molecular weight is 416 g/mol. The van der Waals surface area contributed by atoms with E-state index in [1.165, 1.54) is 11.8 Å². The molecule has 6 nitrogen and oxygen atoms in total. The number of aryl methyl sites for hydroxylation is 1. The lowest BCUT2D eigenvalue weighted by atomic mass is 10.2. The van der Waals surface area contributed by atoms with Crippen LogP contribution < -0.4 is 11.1 Å². The van der Waals surface area contributed by atoms with Gasteiger partial charge in [-0.05, 0) is 48.9 Å². The van der Waals surface area contributed by atoms with E-state index in [1.807, 2.05) is 90.4 Å². The number of nitrogens with zero attached hydrogens (tertiary/aromatic N) is 3. The SMILES string of the molecule is Cc1cccc(NC(=O)CSc2nnc(-c3cccc(N)c3)n2-c2ccccc2)c1. The van der Waals surface area contributed by atoms with Crippen LogP contribution in [-0.2, 0) is 4.79 Å². The van der Waals surface area contributed by atoms with Crippen LogP contribution in [0.1, 0.15) is 5.56 Å². The molecule has 0 saturated heterocycles. The lowest BCUT2D eigenvalue weighted by Crippen LogP contribution is -2.14. The summed E-state index contributed by atoms with van der Waals surface area (Å²) in [5.41, 5.74) is 10.3. The van der Waals surface area contributed by atoms with Gasteiger partial charge in [0.25, 0.3) is 0 Å². The molecule has 3 N–H and O–H groups in total. The Bertz CT molecular complexity index is 1170. The Kier molecular flexibility index (Phi) is 5.81. The predicted molar refractivity (Wildman–Crippen MR) is 122 cm³/mol. The third-order valence-electron chi connectivity index (χ3n) is 4.43. The Morgan fingerprint density at radius 3 is 2.57 bits per heavy atom. The van der Waals surface area contributed by atoms with Crippen molar-refractivity contribution >= 4 is 29.0 Å². The van der Waals surface area contributed by atoms with Crippen LogP contribution in [0, 0.1) is 6.92 Å². The molecule has 1 aromatic heterocycles. The minimum atomic E-state index is -0.0984. The van der Waals surface area contributed by atoms with E-state index >= 15 is 0 Å². The van der Waals surface area contributed by atoms with Gasteiger partial charge in [0.1, 0.15) is 0 Å². The van der Waals surface area contributed by atoms with Crippen LogP contribution in [0.5, 0.6) is 0 Å². The third kappa shape index (κ3) is 4.52. The number of benzene rings is 3. The van der Waals surface area contributed by atoms with Gasteiger partial charge in [-0.25, -0.2) is 0 Å². The first-order valence-electron chi connectivity index (χ1n) is 9.46. The molecule has 0 unspecified atom stereocenters. The molecule has 0 saturated carbocycles. The molecule has 4 aromatic rings. The zero-order chi connectivity index (χ0) is 20.9. The lowest BCUT2D eigenvalue weighted by molar-refractivity contribution is -0.113. The Hall–Kier alpha value is -3.58. The molecule has 1 heterocycles. The molecule has 0 radical (unpaired) electrons. The average Bonchev–Trinajstić information content (AvgIpc) is 3.17. The molecule has 7 heteroatoms. The van der Waals surface area contributed by atoms with Gasteiger partial charge in [-0.3, -0.25) is 9.36 Å². The Labute approximate surface area is 179 Å². The summed E-state index contributed by atoms with van der Waals surface area (Å²) in [5, 5.41) is 12.3. The number of nitrogens with one attached hydrogen (secondary N) is 1. The zero-order valence-corrected chi connectivity index (χ0v) is 17.3. The molecule has 1 amide bonds. The molecule has 0 bridgehead atoms. The van der Waals surface area contributed by atoms with Crippen molar-refractivity contribution in [1.82, 2.24) is 14.8 Å². The summed E-state index contributed by atoms with van der Waals surface area (Å²) in [6, 6.07) is 25.1. The fourth-order valence-corrected chi connectivity index (χ4v) is 3.84. The number of hydrogen-bond donors (Lipinski definition) is 2. The van der Waals surface area contributed by atoms with E-state index in [2.05, 4.69) is 15.5 Å². The van der Waals surface area contributed by atoms with Crippen molar-refractivity contribution in [3.8, 4) is 17.1 Å². The topological polar surface area (TPSA) is 85.8 Å². The summed E-state index contributed by atoms with van der Waals surface area (Å²) in [5.74, 6) is 0.796. The van der Waals surface area contributed by atoms with Gasteiger partial charge in [0, 0.05) is 22.6 Å². The van der Waals surface area contributed by atoms with Crippen LogP contribution in [0.2, 0.25) is 0 Å². The number of carbonyl (C=O) groups excluding carboxylic acids is 1. The summed E-state index contributed by atoms with van der Waals surface area (Å²) in [6.07, 6.45) is 0. The Morgan fingerprint density at radius 2 is 1.80 bits per heavy atom. The van der Waals surface area contributed by atoms with Gasteiger partial charge < -0.3 is 11.1 Å². The summed E-state index contributed by atoms with van der Waals surface area (Å²) < 4.78 is 1.94. The fourth-order valence-electron chi connectivity index (χ4n) is 3.09. The first kappa shape index (κ1) is 19.7. The number of anilines is 2. The summed E-state index contributed by atoms with van der Waals surface area (Å²) in [6.45, 7) is 1.99. The number of nitrogen functional groups attached to an aromatic ring is 1. The van der Waals surface area contributed by atoms with E-state index in [4.69, 9.17) is 5.73 Å². The standard InChI is InChI=1S/C23H21N5OS/c1-16-7-5-10-19(13-16)25-21(29)15-30-23-27-26-22(17-8-6-9-18(24)14-17)28(23)20-11-3-2-4-12-20/h2-14H,15,24H2,1H3,(H,25,29). The molecule has 4 rings (SSSR count). The highest BCUT2D eigenvalue weighted by Crippen LogP contribution is 2.28. The van der Waals surface area contributed by atoms with E-state index in [1.54, 1.807) is 0 Å². The second-order valence-electron chi connectivity index (χ2n) is 6.81. The number of hydrogen-bond acceptors (Lipinski definition) is 5. The van der Waals surface area contributed by atoms with Gasteiger partial charge >= 0.3 is 0 Å². The fraction of sp³-hybridized carbons (Fsp3) is 0.0870. The van der Waals surface area contributed by atoms with Gasteiger partial charge in [-0.15, -0.1) is 10.2 Å². The van der Waals surface area contributed by atoms with Crippen LogP contribution in [0.15, 0.2) is 84.0 Å². The number of carbonyl (C=O) groups is 1. The largest absolute Gasteiger partial charge is 0.399 e. The van der Waals surface area contributed by atoms with Crippen molar-refractivity contribution in [2.75, 3.05) is 16.8 Å². The molecule has 0 spiro atoms. The minimum Gasteiger partial charge on any atom is -0.399 e.